The molecule has 5 nitrogen and oxygen atoms in total. The third-order valence-electron chi connectivity index (χ3n) is 6.18. The summed E-state index contributed by atoms with van der Waals surface area (Å²) in [6.45, 7) is 0. The molecule has 32 heavy (non-hydrogen) atoms. The number of carbonyl (C=O) groups excluding carboxylic acids is 2. The molecule has 0 atom stereocenters. The highest BCUT2D eigenvalue weighted by molar-refractivity contribution is 6.34. The summed E-state index contributed by atoms with van der Waals surface area (Å²) in [5.41, 5.74) is 3.84. The summed E-state index contributed by atoms with van der Waals surface area (Å²) < 4.78 is 6.13. The van der Waals surface area contributed by atoms with E-state index >= 15 is 0 Å². The largest absolute Gasteiger partial charge is 0.456 e. The first-order chi connectivity index (χ1) is 15.7. The van der Waals surface area contributed by atoms with Crippen LogP contribution in [-0.4, -0.2) is 16.8 Å². The van der Waals surface area contributed by atoms with Gasteiger partial charge < -0.3 is 4.74 Å². The Labute approximate surface area is 182 Å². The molecule has 4 aromatic carbocycles. The first-order valence-corrected chi connectivity index (χ1v) is 10.3. The number of imide groups is 1. The van der Waals surface area contributed by atoms with Crippen LogP contribution in [0.4, 0.5) is 5.69 Å². The van der Waals surface area contributed by atoms with Gasteiger partial charge in [0.25, 0.3) is 11.8 Å². The molecule has 0 saturated heterocycles. The topological polar surface area (TPSA) is 59.5 Å². The van der Waals surface area contributed by atoms with Gasteiger partial charge in [0.1, 0.15) is 11.5 Å². The van der Waals surface area contributed by atoms with Crippen LogP contribution in [0.1, 0.15) is 20.7 Å². The summed E-state index contributed by atoms with van der Waals surface area (Å²) >= 11 is 0. The molecule has 0 spiro atoms. The van der Waals surface area contributed by atoms with E-state index in [0.717, 1.165) is 44.4 Å². The van der Waals surface area contributed by atoms with Crippen LogP contribution in [0.5, 0.6) is 11.5 Å². The number of carbonyl (C=O) groups is 2. The highest BCUT2D eigenvalue weighted by Crippen LogP contribution is 2.47. The van der Waals surface area contributed by atoms with Crippen LogP contribution in [0, 0.1) is 0 Å². The number of aromatic nitrogens is 1. The second-order valence-corrected chi connectivity index (χ2v) is 7.93. The minimum absolute atomic E-state index is 0.312. The van der Waals surface area contributed by atoms with E-state index in [0.29, 0.717) is 16.8 Å². The lowest BCUT2D eigenvalue weighted by atomic mass is 9.97. The van der Waals surface area contributed by atoms with Gasteiger partial charge in [-0.05, 0) is 47.9 Å². The molecule has 0 bridgehead atoms. The average molecular weight is 414 g/mol. The molecule has 2 amide bonds. The molecule has 2 aliphatic rings. The summed E-state index contributed by atoms with van der Waals surface area (Å²) in [5, 5.41) is 2.92. The molecule has 5 heteroatoms. The van der Waals surface area contributed by atoms with E-state index in [1.807, 2.05) is 54.6 Å². The van der Waals surface area contributed by atoms with Crippen LogP contribution >= 0.6 is 0 Å². The highest BCUT2D eigenvalue weighted by atomic mass is 16.5. The summed E-state index contributed by atoms with van der Waals surface area (Å²) in [5.74, 6) is 0.909. The Kier molecular flexibility index (Phi) is 3.23. The number of hydrogen-bond acceptors (Lipinski definition) is 4. The lowest BCUT2D eigenvalue weighted by Crippen LogP contribution is -2.29. The van der Waals surface area contributed by atoms with Crippen molar-refractivity contribution in [2.45, 2.75) is 0 Å². The number of anilines is 1. The van der Waals surface area contributed by atoms with Crippen LogP contribution < -0.4 is 9.64 Å². The Morgan fingerprint density at radius 1 is 0.656 bits per heavy atom. The van der Waals surface area contributed by atoms with E-state index in [2.05, 4.69) is 0 Å². The third kappa shape index (κ3) is 2.14. The number of pyridine rings is 1. The molecule has 0 aliphatic carbocycles. The first-order valence-electron chi connectivity index (χ1n) is 10.3. The van der Waals surface area contributed by atoms with Crippen LogP contribution in [-0.2, 0) is 0 Å². The molecule has 0 fully saturated rings. The Morgan fingerprint density at radius 2 is 1.34 bits per heavy atom. The van der Waals surface area contributed by atoms with Gasteiger partial charge in [-0.3, -0.25) is 9.59 Å². The van der Waals surface area contributed by atoms with Crippen LogP contribution in [0.15, 0.2) is 84.9 Å². The Balaban J connectivity index is 1.48. The number of amides is 2. The monoisotopic (exact) mass is 414 g/mol. The van der Waals surface area contributed by atoms with Gasteiger partial charge in [0.15, 0.2) is 0 Å². The molecule has 2 aliphatic heterocycles. The number of nitrogens with zero attached hydrogens (tertiary/aromatic N) is 2. The minimum atomic E-state index is -0.312. The second kappa shape index (κ2) is 6.02. The van der Waals surface area contributed by atoms with Gasteiger partial charge >= 0.3 is 0 Å². The molecule has 0 N–H and O–H groups in total. The van der Waals surface area contributed by atoms with Crippen molar-refractivity contribution in [3.8, 4) is 22.8 Å². The third-order valence-corrected chi connectivity index (χ3v) is 6.18. The molecular weight excluding hydrogens is 400 g/mol. The van der Waals surface area contributed by atoms with E-state index in [9.17, 15) is 9.59 Å². The molecule has 0 saturated carbocycles. The van der Waals surface area contributed by atoms with Crippen molar-refractivity contribution in [3.63, 3.8) is 0 Å². The molecule has 0 unspecified atom stereocenters. The zero-order valence-corrected chi connectivity index (χ0v) is 16.7. The maximum absolute atomic E-state index is 13.0. The minimum Gasteiger partial charge on any atom is -0.456 e. The molecule has 1 aromatic heterocycles. The van der Waals surface area contributed by atoms with Crippen molar-refractivity contribution in [1.29, 1.82) is 0 Å². The molecule has 7 rings (SSSR count). The number of ether oxygens (including phenoxy) is 1. The van der Waals surface area contributed by atoms with Gasteiger partial charge in [-0.1, -0.05) is 42.5 Å². The lowest BCUT2D eigenvalue weighted by molar-refractivity contribution is 0.0926. The zero-order valence-electron chi connectivity index (χ0n) is 16.7. The number of hydrogen-bond donors (Lipinski definition) is 0. The SMILES string of the molecule is O=C1c2ccccc2C(=O)N1c1ccc2c(c1)nc1c3c(cccc32)Oc2ccccc2-1. The lowest BCUT2D eigenvalue weighted by Gasteiger charge is -2.22. The summed E-state index contributed by atoms with van der Waals surface area (Å²) in [6.07, 6.45) is 0. The maximum atomic E-state index is 13.0. The number of fused-ring (bicyclic) bond motifs is 5. The van der Waals surface area contributed by atoms with Crippen LogP contribution in [0.2, 0.25) is 0 Å². The van der Waals surface area contributed by atoms with Gasteiger partial charge in [-0.15, -0.1) is 0 Å². The fourth-order valence-electron chi connectivity index (χ4n) is 4.73. The van der Waals surface area contributed by atoms with E-state index in [1.54, 1.807) is 30.3 Å². The van der Waals surface area contributed by atoms with Gasteiger partial charge in [0, 0.05) is 10.9 Å². The molecule has 3 heterocycles. The number of benzene rings is 4. The standard InChI is InChI=1S/C27H14N2O3/c30-26-18-6-1-2-7-19(18)27(31)29(26)15-12-13-16-17-9-5-11-23-24(17)25(28-21(16)14-15)20-8-3-4-10-22(20)32-23/h1-14H. The Bertz CT molecular complexity index is 1620. The Hall–Kier alpha value is -4.51. The first kappa shape index (κ1) is 17.2. The average Bonchev–Trinajstić information content (AvgIpc) is 3.09. The fourth-order valence-corrected chi connectivity index (χ4v) is 4.73. The van der Waals surface area contributed by atoms with E-state index < -0.39 is 0 Å². The van der Waals surface area contributed by atoms with E-state index in [-0.39, 0.29) is 11.8 Å². The van der Waals surface area contributed by atoms with E-state index in [1.165, 1.54) is 4.90 Å². The number of para-hydroxylation sites is 1. The molecule has 5 aromatic rings. The molecule has 0 radical (unpaired) electrons. The van der Waals surface area contributed by atoms with Crippen molar-refractivity contribution in [2.24, 2.45) is 0 Å². The van der Waals surface area contributed by atoms with Gasteiger partial charge in [-0.25, -0.2) is 9.88 Å². The summed E-state index contributed by atoms with van der Waals surface area (Å²) in [7, 11) is 0. The smallest absolute Gasteiger partial charge is 0.266 e. The fraction of sp³-hybridized carbons (Fsp3) is 0. The van der Waals surface area contributed by atoms with E-state index in [4.69, 9.17) is 9.72 Å². The highest BCUT2D eigenvalue weighted by Gasteiger charge is 2.36. The van der Waals surface area contributed by atoms with Gasteiger partial charge in [0.05, 0.1) is 33.4 Å². The maximum Gasteiger partial charge on any atom is 0.266 e. The van der Waals surface area contributed by atoms with Crippen molar-refractivity contribution in [2.75, 3.05) is 4.90 Å². The van der Waals surface area contributed by atoms with Crippen molar-refractivity contribution >= 4 is 39.2 Å². The number of rotatable bonds is 1. The van der Waals surface area contributed by atoms with Crippen molar-refractivity contribution in [3.05, 3.63) is 96.1 Å². The second-order valence-electron chi connectivity index (χ2n) is 7.93. The zero-order chi connectivity index (χ0) is 21.4. The van der Waals surface area contributed by atoms with Gasteiger partial charge in [0.2, 0.25) is 0 Å². The predicted molar refractivity (Wildman–Crippen MR) is 122 cm³/mol. The molecule has 150 valence electrons. The van der Waals surface area contributed by atoms with Crippen LogP contribution in [0.25, 0.3) is 32.9 Å². The Morgan fingerprint density at radius 3 is 2.12 bits per heavy atom. The van der Waals surface area contributed by atoms with Crippen LogP contribution in [0.3, 0.4) is 0 Å². The summed E-state index contributed by atoms with van der Waals surface area (Å²) in [4.78, 5) is 32.1. The van der Waals surface area contributed by atoms with Crippen molar-refractivity contribution < 1.29 is 14.3 Å². The summed E-state index contributed by atoms with van der Waals surface area (Å²) in [6, 6.07) is 26.2. The normalized spacial score (nSPS) is 13.9. The van der Waals surface area contributed by atoms with Crippen molar-refractivity contribution in [1.82, 2.24) is 4.98 Å². The quantitative estimate of drug-likeness (QED) is 0.246. The predicted octanol–water partition coefficient (Wildman–Crippen LogP) is 5.96. The van der Waals surface area contributed by atoms with Gasteiger partial charge in [-0.2, -0.15) is 0 Å². The molecular formula is C27H14N2O3.